The van der Waals surface area contributed by atoms with Crippen molar-refractivity contribution in [3.05, 3.63) is 35.4 Å². The molecule has 1 saturated carbocycles. The third kappa shape index (κ3) is 5.95. The molecule has 0 spiro atoms. The summed E-state index contributed by atoms with van der Waals surface area (Å²) in [5.74, 6) is -0.676. The molecular weight excluding hydrogens is 399 g/mol. The van der Waals surface area contributed by atoms with E-state index in [0.29, 0.717) is 31.5 Å². The number of carbonyl (C=O) groups is 2. The molecule has 1 heterocycles. The fourth-order valence-corrected chi connectivity index (χ4v) is 4.15. The fourth-order valence-electron chi connectivity index (χ4n) is 4.15. The SMILES string of the molecule is O=C(CC1C(=O)NCCN1Cc1cccc(C(F)(F)F)c1)NCC1(O)CCCCC1. The van der Waals surface area contributed by atoms with E-state index in [1.54, 1.807) is 11.0 Å². The van der Waals surface area contributed by atoms with E-state index in [1.807, 2.05) is 0 Å². The molecule has 30 heavy (non-hydrogen) atoms. The van der Waals surface area contributed by atoms with Crippen LogP contribution in [0.2, 0.25) is 0 Å². The van der Waals surface area contributed by atoms with E-state index in [4.69, 9.17) is 0 Å². The van der Waals surface area contributed by atoms with Gasteiger partial charge in [0.2, 0.25) is 11.8 Å². The van der Waals surface area contributed by atoms with Crippen LogP contribution in [0.15, 0.2) is 24.3 Å². The summed E-state index contributed by atoms with van der Waals surface area (Å²) >= 11 is 0. The molecule has 0 radical (unpaired) electrons. The van der Waals surface area contributed by atoms with Gasteiger partial charge in [-0.15, -0.1) is 0 Å². The fraction of sp³-hybridized carbons (Fsp3) is 0.619. The summed E-state index contributed by atoms with van der Waals surface area (Å²) in [6.07, 6.45) is -0.361. The van der Waals surface area contributed by atoms with Crippen molar-refractivity contribution in [2.45, 2.75) is 62.9 Å². The quantitative estimate of drug-likeness (QED) is 0.650. The average molecular weight is 427 g/mol. The molecule has 0 aromatic heterocycles. The van der Waals surface area contributed by atoms with Crippen molar-refractivity contribution in [1.29, 1.82) is 0 Å². The third-order valence-electron chi connectivity index (χ3n) is 5.86. The van der Waals surface area contributed by atoms with Gasteiger partial charge in [-0.2, -0.15) is 13.2 Å². The number of benzene rings is 1. The zero-order chi connectivity index (χ0) is 21.8. The molecule has 2 amide bonds. The Labute approximate surface area is 173 Å². The van der Waals surface area contributed by atoms with E-state index in [-0.39, 0.29) is 31.3 Å². The van der Waals surface area contributed by atoms with Gasteiger partial charge in [0.1, 0.15) is 0 Å². The van der Waals surface area contributed by atoms with Gasteiger partial charge in [0.25, 0.3) is 0 Å². The minimum atomic E-state index is -4.44. The van der Waals surface area contributed by atoms with Gasteiger partial charge < -0.3 is 15.7 Å². The van der Waals surface area contributed by atoms with E-state index < -0.39 is 23.4 Å². The van der Waals surface area contributed by atoms with Crippen molar-refractivity contribution in [2.75, 3.05) is 19.6 Å². The molecule has 1 aliphatic heterocycles. The minimum Gasteiger partial charge on any atom is -0.388 e. The van der Waals surface area contributed by atoms with Gasteiger partial charge in [0.05, 0.1) is 23.6 Å². The van der Waals surface area contributed by atoms with Gasteiger partial charge in [-0.05, 0) is 24.5 Å². The van der Waals surface area contributed by atoms with Gasteiger partial charge in [-0.25, -0.2) is 0 Å². The summed E-state index contributed by atoms with van der Waals surface area (Å²) in [5.41, 5.74) is -1.21. The van der Waals surface area contributed by atoms with E-state index in [9.17, 15) is 27.9 Å². The Kier molecular flexibility index (Phi) is 7.02. The summed E-state index contributed by atoms with van der Waals surface area (Å²) < 4.78 is 38.9. The summed E-state index contributed by atoms with van der Waals surface area (Å²) in [6, 6.07) is 4.23. The highest BCUT2D eigenvalue weighted by atomic mass is 19.4. The van der Waals surface area contributed by atoms with Crippen LogP contribution in [0, 0.1) is 0 Å². The maximum absolute atomic E-state index is 13.0. The molecule has 2 aliphatic rings. The Balaban J connectivity index is 1.62. The highest BCUT2D eigenvalue weighted by molar-refractivity contribution is 5.88. The summed E-state index contributed by atoms with van der Waals surface area (Å²) in [5, 5.41) is 16.0. The van der Waals surface area contributed by atoms with Crippen molar-refractivity contribution in [1.82, 2.24) is 15.5 Å². The molecule has 166 valence electrons. The van der Waals surface area contributed by atoms with Crippen LogP contribution in [0.3, 0.4) is 0 Å². The van der Waals surface area contributed by atoms with Gasteiger partial charge in [-0.3, -0.25) is 14.5 Å². The number of hydrogen-bond donors (Lipinski definition) is 3. The Morgan fingerprint density at radius 2 is 2.00 bits per heavy atom. The zero-order valence-corrected chi connectivity index (χ0v) is 16.8. The normalized spacial score (nSPS) is 22.4. The lowest BCUT2D eigenvalue weighted by Crippen LogP contribution is -2.56. The molecule has 1 aromatic carbocycles. The van der Waals surface area contributed by atoms with Crippen LogP contribution < -0.4 is 10.6 Å². The first-order valence-electron chi connectivity index (χ1n) is 10.3. The average Bonchev–Trinajstić information content (AvgIpc) is 2.69. The zero-order valence-electron chi connectivity index (χ0n) is 16.8. The molecule has 1 aliphatic carbocycles. The van der Waals surface area contributed by atoms with Gasteiger partial charge >= 0.3 is 6.18 Å². The summed E-state index contributed by atoms with van der Waals surface area (Å²) in [7, 11) is 0. The molecule has 9 heteroatoms. The first-order valence-corrected chi connectivity index (χ1v) is 10.3. The maximum atomic E-state index is 13.0. The van der Waals surface area contributed by atoms with Gasteiger partial charge in [0, 0.05) is 26.2 Å². The van der Waals surface area contributed by atoms with E-state index in [2.05, 4.69) is 10.6 Å². The molecule has 3 rings (SSSR count). The molecule has 1 saturated heterocycles. The molecule has 2 fully saturated rings. The lowest BCUT2D eigenvalue weighted by molar-refractivity contribution is -0.137. The number of halogens is 3. The largest absolute Gasteiger partial charge is 0.416 e. The number of carbonyl (C=O) groups excluding carboxylic acids is 2. The van der Waals surface area contributed by atoms with Crippen molar-refractivity contribution >= 4 is 11.8 Å². The lowest BCUT2D eigenvalue weighted by atomic mass is 9.85. The summed E-state index contributed by atoms with van der Waals surface area (Å²) in [6.45, 7) is 1.09. The molecule has 3 N–H and O–H groups in total. The Bertz CT molecular complexity index is 763. The van der Waals surface area contributed by atoms with Crippen LogP contribution in [-0.2, 0) is 22.3 Å². The second-order valence-corrected chi connectivity index (χ2v) is 8.24. The number of alkyl halides is 3. The molecule has 6 nitrogen and oxygen atoms in total. The highest BCUT2D eigenvalue weighted by Gasteiger charge is 2.34. The Morgan fingerprint density at radius 3 is 2.70 bits per heavy atom. The van der Waals surface area contributed by atoms with Crippen molar-refractivity contribution in [2.24, 2.45) is 0 Å². The van der Waals surface area contributed by atoms with Crippen LogP contribution in [-0.4, -0.2) is 53.1 Å². The van der Waals surface area contributed by atoms with Crippen LogP contribution in [0.1, 0.15) is 49.7 Å². The molecule has 1 aromatic rings. The monoisotopic (exact) mass is 427 g/mol. The minimum absolute atomic E-state index is 0.110. The van der Waals surface area contributed by atoms with E-state index in [1.165, 1.54) is 6.07 Å². The highest BCUT2D eigenvalue weighted by Crippen LogP contribution is 2.30. The molecule has 1 unspecified atom stereocenters. The standard InChI is InChI=1S/C21H28F3N3O3/c22-21(23,24)16-6-4-5-15(11-16)13-27-10-9-25-19(29)17(27)12-18(28)26-14-20(30)7-2-1-3-8-20/h4-6,11,17,30H,1-3,7-10,12-14H2,(H,25,29)(H,26,28). The van der Waals surface area contributed by atoms with Crippen LogP contribution in [0.4, 0.5) is 13.2 Å². The second kappa shape index (κ2) is 9.34. The number of hydrogen-bond acceptors (Lipinski definition) is 4. The van der Waals surface area contributed by atoms with Gasteiger partial charge in [-0.1, -0.05) is 37.5 Å². The number of aliphatic hydroxyl groups is 1. The number of amides is 2. The van der Waals surface area contributed by atoms with E-state index in [0.717, 1.165) is 31.4 Å². The number of piperazine rings is 1. The lowest BCUT2D eigenvalue weighted by Gasteiger charge is -2.35. The Hall–Kier alpha value is -2.13. The Morgan fingerprint density at radius 1 is 1.27 bits per heavy atom. The van der Waals surface area contributed by atoms with Crippen LogP contribution in [0.5, 0.6) is 0 Å². The van der Waals surface area contributed by atoms with Gasteiger partial charge in [0.15, 0.2) is 0 Å². The van der Waals surface area contributed by atoms with Crippen LogP contribution >= 0.6 is 0 Å². The number of rotatable bonds is 6. The maximum Gasteiger partial charge on any atom is 0.416 e. The smallest absolute Gasteiger partial charge is 0.388 e. The summed E-state index contributed by atoms with van der Waals surface area (Å²) in [4.78, 5) is 26.5. The first-order chi connectivity index (χ1) is 14.2. The number of nitrogens with zero attached hydrogens (tertiary/aromatic N) is 1. The van der Waals surface area contributed by atoms with Crippen molar-refractivity contribution < 1.29 is 27.9 Å². The molecular formula is C21H28F3N3O3. The van der Waals surface area contributed by atoms with E-state index >= 15 is 0 Å². The van der Waals surface area contributed by atoms with Crippen molar-refractivity contribution in [3.63, 3.8) is 0 Å². The topological polar surface area (TPSA) is 81.7 Å². The molecule has 0 bridgehead atoms. The third-order valence-corrected chi connectivity index (χ3v) is 5.86. The predicted molar refractivity (Wildman–Crippen MR) is 104 cm³/mol. The second-order valence-electron chi connectivity index (χ2n) is 8.24. The predicted octanol–water partition coefficient (Wildman–Crippen LogP) is 2.21. The molecule has 1 atom stereocenters. The number of nitrogens with one attached hydrogen (secondary N) is 2. The van der Waals surface area contributed by atoms with Crippen molar-refractivity contribution in [3.8, 4) is 0 Å². The first kappa shape index (κ1) is 22.6. The van der Waals surface area contributed by atoms with Crippen LogP contribution in [0.25, 0.3) is 0 Å².